The molecule has 7 heteroatoms. The first kappa shape index (κ1) is 13.5. The van der Waals surface area contributed by atoms with Crippen LogP contribution in [0.5, 0.6) is 0 Å². The molecule has 1 atom stereocenters. The van der Waals surface area contributed by atoms with Crippen LogP contribution in [0.25, 0.3) is 0 Å². The van der Waals surface area contributed by atoms with Crippen LogP contribution in [-0.2, 0) is 9.59 Å². The second-order valence-corrected chi connectivity index (χ2v) is 4.83. The third-order valence-corrected chi connectivity index (χ3v) is 3.42. The first-order valence-corrected chi connectivity index (χ1v) is 6.30. The van der Waals surface area contributed by atoms with Gasteiger partial charge >= 0.3 is 6.03 Å². The average molecular weight is 266 g/mol. The number of hydrogen-bond acceptors (Lipinski definition) is 4. The van der Waals surface area contributed by atoms with Crippen molar-refractivity contribution in [3.63, 3.8) is 0 Å². The second-order valence-electron chi connectivity index (χ2n) is 4.83. The summed E-state index contributed by atoms with van der Waals surface area (Å²) >= 11 is 0. The molecule has 3 N–H and O–H groups in total. The molecule has 0 aromatic heterocycles. The number of rotatable bonds is 4. The lowest BCUT2D eigenvalue weighted by Crippen LogP contribution is -2.60. The lowest BCUT2D eigenvalue weighted by atomic mass is 9.89. The van der Waals surface area contributed by atoms with Crippen molar-refractivity contribution in [2.45, 2.75) is 18.4 Å². The fourth-order valence-corrected chi connectivity index (χ4v) is 2.48. The van der Waals surface area contributed by atoms with Gasteiger partial charge < -0.3 is 15.5 Å². The lowest BCUT2D eigenvalue weighted by Gasteiger charge is -2.38. The number of imide groups is 1. The Kier molecular flexibility index (Phi) is 3.84. The summed E-state index contributed by atoms with van der Waals surface area (Å²) in [6.45, 7) is 5.17. The summed E-state index contributed by atoms with van der Waals surface area (Å²) in [4.78, 5) is 36.7. The molecule has 0 saturated carbocycles. The summed E-state index contributed by atoms with van der Waals surface area (Å²) in [7, 11) is 0. The van der Waals surface area contributed by atoms with Crippen LogP contribution in [-0.4, -0.2) is 54.5 Å². The number of carbonyl (C=O) groups excluding carboxylic acids is 3. The molecule has 0 aromatic carbocycles. The summed E-state index contributed by atoms with van der Waals surface area (Å²) in [5.74, 6) is -0.413. The van der Waals surface area contributed by atoms with E-state index < -0.39 is 11.6 Å². The molecule has 0 aromatic rings. The van der Waals surface area contributed by atoms with Gasteiger partial charge in [-0.25, -0.2) is 4.79 Å². The van der Waals surface area contributed by atoms with Crippen molar-refractivity contribution in [3.05, 3.63) is 12.7 Å². The highest BCUT2D eigenvalue weighted by molar-refractivity contribution is 6.07. The average Bonchev–Trinajstić information content (AvgIpc) is 2.64. The van der Waals surface area contributed by atoms with E-state index in [1.54, 1.807) is 11.0 Å². The number of likely N-dealkylation sites (tertiary alicyclic amines) is 1. The van der Waals surface area contributed by atoms with Crippen LogP contribution in [0.4, 0.5) is 4.79 Å². The van der Waals surface area contributed by atoms with E-state index in [-0.39, 0.29) is 24.9 Å². The monoisotopic (exact) mass is 266 g/mol. The molecule has 4 amide bonds. The number of carbonyl (C=O) groups is 3. The molecule has 104 valence electrons. The van der Waals surface area contributed by atoms with Crippen LogP contribution < -0.4 is 16.0 Å². The molecule has 2 saturated heterocycles. The standard InChI is InChI=1S/C12H18N4O3/c1-2-5-13-7-9(17)16-6-3-4-12(8-16)10(18)14-11(19)15-12/h2,13H,1,3-8H2,(H2,14,15,18,19). The topological polar surface area (TPSA) is 90.5 Å². The molecular weight excluding hydrogens is 248 g/mol. The normalized spacial score (nSPS) is 26.2. The van der Waals surface area contributed by atoms with Crippen LogP contribution in [0.1, 0.15) is 12.8 Å². The van der Waals surface area contributed by atoms with Gasteiger partial charge in [-0.15, -0.1) is 6.58 Å². The van der Waals surface area contributed by atoms with Crippen molar-refractivity contribution in [2.75, 3.05) is 26.2 Å². The van der Waals surface area contributed by atoms with Gasteiger partial charge in [-0.05, 0) is 12.8 Å². The molecule has 1 unspecified atom stereocenters. The highest BCUT2D eigenvalue weighted by atomic mass is 16.2. The summed E-state index contributed by atoms with van der Waals surface area (Å²) in [6.07, 6.45) is 2.94. The highest BCUT2D eigenvalue weighted by Gasteiger charge is 2.49. The molecule has 2 aliphatic heterocycles. The third-order valence-electron chi connectivity index (χ3n) is 3.42. The largest absolute Gasteiger partial charge is 0.339 e. The highest BCUT2D eigenvalue weighted by Crippen LogP contribution is 2.24. The maximum atomic E-state index is 12.0. The Morgan fingerprint density at radius 1 is 1.53 bits per heavy atom. The summed E-state index contributed by atoms with van der Waals surface area (Å²) in [6, 6.07) is -0.482. The minimum Gasteiger partial charge on any atom is -0.339 e. The Labute approximate surface area is 111 Å². The predicted octanol–water partition coefficient (Wildman–Crippen LogP) is -1.04. The fourth-order valence-electron chi connectivity index (χ4n) is 2.48. The molecule has 0 bridgehead atoms. The maximum absolute atomic E-state index is 12.0. The zero-order chi connectivity index (χ0) is 13.9. The molecule has 0 radical (unpaired) electrons. The SMILES string of the molecule is C=CCNCC(=O)N1CCCC2(C1)NC(=O)NC2=O. The quantitative estimate of drug-likeness (QED) is 0.344. The minimum absolute atomic E-state index is 0.0742. The smallest absolute Gasteiger partial charge is 0.322 e. The number of piperidine rings is 1. The Hall–Kier alpha value is -1.89. The van der Waals surface area contributed by atoms with Gasteiger partial charge in [-0.1, -0.05) is 6.08 Å². The Bertz CT molecular complexity index is 423. The van der Waals surface area contributed by atoms with Gasteiger partial charge in [0.25, 0.3) is 5.91 Å². The number of amides is 4. The molecule has 2 aliphatic rings. The first-order valence-electron chi connectivity index (χ1n) is 6.30. The van der Waals surface area contributed by atoms with E-state index in [1.807, 2.05) is 0 Å². The molecule has 19 heavy (non-hydrogen) atoms. The van der Waals surface area contributed by atoms with Gasteiger partial charge in [0.1, 0.15) is 5.54 Å². The summed E-state index contributed by atoms with van der Waals surface area (Å²) in [5.41, 5.74) is -0.941. The Morgan fingerprint density at radius 2 is 2.32 bits per heavy atom. The minimum atomic E-state index is -0.941. The van der Waals surface area contributed by atoms with Crippen LogP contribution in [0.2, 0.25) is 0 Å². The van der Waals surface area contributed by atoms with Crippen molar-refractivity contribution >= 4 is 17.8 Å². The molecule has 0 aliphatic carbocycles. The third kappa shape index (κ3) is 2.76. The number of nitrogens with one attached hydrogen (secondary N) is 3. The van der Waals surface area contributed by atoms with Gasteiger partial charge in [0.05, 0.1) is 13.1 Å². The van der Waals surface area contributed by atoms with E-state index in [9.17, 15) is 14.4 Å². The molecule has 2 fully saturated rings. The molecule has 2 rings (SSSR count). The summed E-state index contributed by atoms with van der Waals surface area (Å²) < 4.78 is 0. The van der Waals surface area contributed by atoms with Crippen molar-refractivity contribution < 1.29 is 14.4 Å². The lowest BCUT2D eigenvalue weighted by molar-refractivity contribution is -0.135. The van der Waals surface area contributed by atoms with Gasteiger partial charge in [0.2, 0.25) is 5.91 Å². The van der Waals surface area contributed by atoms with E-state index in [1.165, 1.54) is 0 Å². The van der Waals surface area contributed by atoms with E-state index >= 15 is 0 Å². The molecule has 7 nitrogen and oxygen atoms in total. The Morgan fingerprint density at radius 3 is 2.95 bits per heavy atom. The number of hydrogen-bond donors (Lipinski definition) is 3. The van der Waals surface area contributed by atoms with E-state index in [0.29, 0.717) is 25.9 Å². The van der Waals surface area contributed by atoms with Crippen LogP contribution >= 0.6 is 0 Å². The zero-order valence-corrected chi connectivity index (χ0v) is 10.7. The van der Waals surface area contributed by atoms with E-state index in [0.717, 1.165) is 0 Å². The predicted molar refractivity (Wildman–Crippen MR) is 68.3 cm³/mol. The molecule has 2 heterocycles. The van der Waals surface area contributed by atoms with Crippen LogP contribution in [0.3, 0.4) is 0 Å². The van der Waals surface area contributed by atoms with Gasteiger partial charge in [0.15, 0.2) is 0 Å². The van der Waals surface area contributed by atoms with E-state index in [2.05, 4.69) is 22.5 Å². The molecular formula is C12H18N4O3. The molecule has 1 spiro atoms. The summed E-state index contributed by atoms with van der Waals surface area (Å²) in [5, 5.41) is 7.81. The van der Waals surface area contributed by atoms with Crippen molar-refractivity contribution in [2.24, 2.45) is 0 Å². The van der Waals surface area contributed by atoms with Crippen molar-refractivity contribution in [1.82, 2.24) is 20.9 Å². The fraction of sp³-hybridized carbons (Fsp3) is 0.583. The Balaban J connectivity index is 1.97. The first-order chi connectivity index (χ1) is 9.07. The van der Waals surface area contributed by atoms with Crippen molar-refractivity contribution in [1.29, 1.82) is 0 Å². The number of urea groups is 1. The maximum Gasteiger partial charge on any atom is 0.322 e. The number of nitrogens with zero attached hydrogens (tertiary/aromatic N) is 1. The second kappa shape index (κ2) is 5.40. The van der Waals surface area contributed by atoms with Gasteiger partial charge in [0, 0.05) is 13.1 Å². The zero-order valence-electron chi connectivity index (χ0n) is 10.7. The van der Waals surface area contributed by atoms with E-state index in [4.69, 9.17) is 0 Å². The van der Waals surface area contributed by atoms with Crippen LogP contribution in [0.15, 0.2) is 12.7 Å². The van der Waals surface area contributed by atoms with Crippen molar-refractivity contribution in [3.8, 4) is 0 Å². The van der Waals surface area contributed by atoms with Crippen LogP contribution in [0, 0.1) is 0 Å². The van der Waals surface area contributed by atoms with Gasteiger partial charge in [-0.2, -0.15) is 0 Å². The van der Waals surface area contributed by atoms with Gasteiger partial charge in [-0.3, -0.25) is 14.9 Å².